The molecule has 0 aromatic heterocycles. The molecule has 2 fully saturated rings. The fraction of sp³-hybridized carbons (Fsp3) is 1.00. The van der Waals surface area contributed by atoms with Crippen LogP contribution in [0.15, 0.2) is 0 Å². The standard InChI is InChI=1S/C7H13NO.4H2/c1-8-4-2-7(3-5-8)6-9-7;;;;/h2-6H2,1H3;4*1H/i;3*1+1D;1+1. The predicted octanol–water partition coefficient (Wildman–Crippen LogP) is 1.47. The van der Waals surface area contributed by atoms with Crippen LogP contribution in [0.4, 0.5) is 0 Å². The Balaban J connectivity index is -0.000000214. The predicted molar refractivity (Wildman–Crippen MR) is 43.9 cm³/mol. The number of hydrogen-bond donors (Lipinski definition) is 0. The number of ether oxygens (including phenoxy) is 1. The van der Waals surface area contributed by atoms with Crippen molar-refractivity contribution in [3.8, 4) is 0 Å². The highest BCUT2D eigenvalue weighted by Gasteiger charge is 2.45. The van der Waals surface area contributed by atoms with Crippen molar-refractivity contribution >= 4 is 0 Å². The minimum Gasteiger partial charge on any atom is -0.369 e. The lowest BCUT2D eigenvalue weighted by Gasteiger charge is -2.26. The molecule has 0 aliphatic carbocycles. The Morgan fingerprint density at radius 2 is 2.11 bits per heavy atom. The fourth-order valence-corrected chi connectivity index (χ4v) is 1.42. The summed E-state index contributed by atoms with van der Waals surface area (Å²) < 4.78 is 35.4. The van der Waals surface area contributed by atoms with Gasteiger partial charge in [0.2, 0.25) is 0 Å². The van der Waals surface area contributed by atoms with Crippen molar-refractivity contribution in [1.82, 2.24) is 4.90 Å². The Hall–Kier alpha value is -0.0800. The van der Waals surface area contributed by atoms with Gasteiger partial charge in [-0.1, -0.05) is 0 Å². The lowest BCUT2D eigenvalue weighted by molar-refractivity contribution is 0.169. The first-order chi connectivity index (χ1) is 7.31. The molecule has 0 atom stereocenters. The van der Waals surface area contributed by atoms with Crippen LogP contribution < -0.4 is 0 Å². The third-order valence-electron chi connectivity index (χ3n) is 2.45. The van der Waals surface area contributed by atoms with E-state index in [2.05, 4.69) is 11.9 Å². The van der Waals surface area contributed by atoms with Gasteiger partial charge in [0.1, 0.15) is 0 Å². The zero-order valence-corrected chi connectivity index (χ0v) is 5.89. The van der Waals surface area contributed by atoms with Gasteiger partial charge in [0.15, 0.2) is 0 Å². The average molecular weight is 142 g/mol. The van der Waals surface area contributed by atoms with E-state index in [0.717, 1.165) is 6.61 Å². The lowest BCUT2D eigenvalue weighted by atomic mass is 9.98. The van der Waals surface area contributed by atoms with Crippen LogP contribution >= 0.6 is 0 Å². The normalized spacial score (nSPS) is 35.7. The van der Waals surface area contributed by atoms with E-state index >= 15 is 0 Å². The Labute approximate surface area is 66.5 Å². The highest BCUT2D eigenvalue weighted by Crippen LogP contribution is 2.37. The first-order valence-electron chi connectivity index (χ1n) is 6.63. The zero-order valence-electron chi connectivity index (χ0n) is 11.9. The van der Waals surface area contributed by atoms with Crippen LogP contribution in [0.2, 0.25) is 0 Å². The van der Waals surface area contributed by atoms with Gasteiger partial charge in [-0.15, -0.1) is 0 Å². The summed E-state index contributed by atoms with van der Waals surface area (Å²) in [5.74, 6) is 0. The van der Waals surface area contributed by atoms with E-state index in [9.17, 15) is 0 Å². The van der Waals surface area contributed by atoms with E-state index in [1.54, 1.807) is 0 Å². The van der Waals surface area contributed by atoms with Crippen LogP contribution in [-0.4, -0.2) is 37.2 Å². The smallest absolute Gasteiger partial charge is 0.0940 e. The number of likely N-dealkylation sites (tertiary alicyclic amines) is 1. The second-order valence-electron chi connectivity index (χ2n) is 3.27. The summed E-state index contributed by atoms with van der Waals surface area (Å²) in [5.41, 5.74) is 0.368. The van der Waals surface area contributed by atoms with Crippen LogP contribution in [0.25, 0.3) is 0 Å². The SMILES string of the molecule is CN1CCC2(CC1)CO2.[2HH].[2H][2H].[2H][2H].[2H][2H]. The van der Waals surface area contributed by atoms with Gasteiger partial charge in [-0.2, -0.15) is 0 Å². The van der Waals surface area contributed by atoms with Gasteiger partial charge in [-0.3, -0.25) is 0 Å². The lowest BCUT2D eigenvalue weighted by Crippen LogP contribution is -2.34. The number of rotatable bonds is 0. The second-order valence-corrected chi connectivity index (χ2v) is 3.27. The maximum atomic E-state index is 5.36. The quantitative estimate of drug-likeness (QED) is 0.476. The topological polar surface area (TPSA) is 15.8 Å². The van der Waals surface area contributed by atoms with Gasteiger partial charge in [0.05, 0.1) is 12.2 Å². The molecule has 2 heteroatoms. The summed E-state index contributed by atoms with van der Waals surface area (Å²) >= 11 is 0. The molecular weight excluding hydrogens is 114 g/mol. The zero-order chi connectivity index (χ0) is 12.3. The molecule has 0 saturated carbocycles. The van der Waals surface area contributed by atoms with Gasteiger partial charge < -0.3 is 9.64 Å². The summed E-state index contributed by atoms with van der Waals surface area (Å²) in [6, 6.07) is 0. The molecule has 0 aromatic rings. The van der Waals surface area contributed by atoms with Crippen LogP contribution in [0, 0.1) is 0 Å². The summed E-state index contributed by atoms with van der Waals surface area (Å²) in [5, 5.41) is 0. The molecule has 0 radical (unpaired) electrons. The molecule has 2 saturated heterocycles. The molecule has 2 heterocycles. The van der Waals surface area contributed by atoms with Crippen molar-refractivity contribution in [3.05, 3.63) is 0 Å². The molecule has 0 aromatic carbocycles. The van der Waals surface area contributed by atoms with Crippen molar-refractivity contribution in [3.63, 3.8) is 0 Å². The molecule has 9 heavy (non-hydrogen) atoms. The number of piperidine rings is 1. The van der Waals surface area contributed by atoms with Crippen LogP contribution in [0.1, 0.15) is 23.2 Å². The van der Waals surface area contributed by atoms with Crippen molar-refractivity contribution in [2.24, 2.45) is 0 Å². The number of nitrogens with zero attached hydrogens (tertiary/aromatic N) is 1. The largest absolute Gasteiger partial charge is 0.369 e. The Morgan fingerprint density at radius 3 is 2.56 bits per heavy atom. The van der Waals surface area contributed by atoms with Crippen LogP contribution in [-0.2, 0) is 4.74 Å². The molecule has 2 aliphatic heterocycles. The molecule has 0 amide bonds. The molecule has 0 unspecified atom stereocenters. The van der Waals surface area contributed by atoms with Gasteiger partial charge in [0.25, 0.3) is 0 Å². The van der Waals surface area contributed by atoms with Crippen molar-refractivity contribution in [1.29, 1.82) is 0 Å². The van der Waals surface area contributed by atoms with Gasteiger partial charge in [-0.05, 0) is 19.9 Å². The van der Waals surface area contributed by atoms with E-state index in [1.165, 1.54) is 25.9 Å². The highest BCUT2D eigenvalue weighted by molar-refractivity contribution is 4.95. The third kappa shape index (κ3) is 0.970. The van der Waals surface area contributed by atoms with E-state index in [4.69, 9.17) is 13.6 Å². The van der Waals surface area contributed by atoms with Crippen LogP contribution in [0.5, 0.6) is 0 Å². The number of epoxide rings is 1. The average Bonchev–Trinajstić information content (AvgIpc) is 3.11. The van der Waals surface area contributed by atoms with Gasteiger partial charge in [-0.25, -0.2) is 0 Å². The molecule has 0 bridgehead atoms. The highest BCUT2D eigenvalue weighted by atomic mass is 16.6. The molecule has 2 rings (SSSR count). The third-order valence-corrected chi connectivity index (χ3v) is 2.45. The summed E-state index contributed by atoms with van der Waals surface area (Å²) in [6.07, 6.45) is 2.51. The molecule has 2 aliphatic rings. The first kappa shape index (κ1) is 3.35. The maximum absolute atomic E-state index is 5.36. The molecule has 60 valence electrons. The van der Waals surface area contributed by atoms with Crippen molar-refractivity contribution < 1.29 is 15.1 Å². The van der Waals surface area contributed by atoms with Crippen LogP contribution in [0.3, 0.4) is 0 Å². The molecule has 2 nitrogen and oxygen atoms in total. The Bertz CT molecular complexity index is 126. The fourth-order valence-electron chi connectivity index (χ4n) is 1.42. The summed E-state index contributed by atoms with van der Waals surface area (Å²) in [7, 11) is 2.18. The van der Waals surface area contributed by atoms with Crippen molar-refractivity contribution in [2.75, 3.05) is 26.7 Å². The number of hydrogen-bond acceptors (Lipinski definition) is 2. The Kier molecular flexibility index (Phi) is 0.635. The van der Waals surface area contributed by atoms with E-state index in [-0.39, 0.29) is 1.43 Å². The van der Waals surface area contributed by atoms with Gasteiger partial charge in [0, 0.05) is 23.4 Å². The van der Waals surface area contributed by atoms with Gasteiger partial charge >= 0.3 is 0 Å². The minimum absolute atomic E-state index is 0. The molecular formula is C7H21NO. The van der Waals surface area contributed by atoms with E-state index in [1.807, 2.05) is 0 Å². The maximum Gasteiger partial charge on any atom is 0.0940 e. The first-order valence-corrected chi connectivity index (χ1v) is 3.63. The van der Waals surface area contributed by atoms with E-state index < -0.39 is 0 Å². The second kappa shape index (κ2) is 1.70. The molecule has 1 spiro atoms. The van der Waals surface area contributed by atoms with E-state index in [0.29, 0.717) is 5.60 Å². The van der Waals surface area contributed by atoms with Crippen molar-refractivity contribution in [2.45, 2.75) is 18.4 Å². The minimum atomic E-state index is 0. The summed E-state index contributed by atoms with van der Waals surface area (Å²) in [4.78, 5) is 2.37. The summed E-state index contributed by atoms with van der Waals surface area (Å²) in [6.45, 7) is 3.47. The monoisotopic (exact) mass is 142 g/mol. The Morgan fingerprint density at radius 1 is 1.56 bits per heavy atom. The molecule has 0 N–H and O–H groups in total.